The molecular weight excluding hydrogens is 499 g/mol. The Bertz CT molecular complexity index is 1440. The van der Waals surface area contributed by atoms with Crippen molar-refractivity contribution in [2.45, 2.75) is 6.42 Å². The van der Waals surface area contributed by atoms with Crippen molar-refractivity contribution in [2.24, 2.45) is 0 Å². The van der Waals surface area contributed by atoms with E-state index in [1.54, 1.807) is 24.3 Å². The van der Waals surface area contributed by atoms with E-state index in [1.807, 2.05) is 12.1 Å². The lowest BCUT2D eigenvalue weighted by atomic mass is 10.1. The summed E-state index contributed by atoms with van der Waals surface area (Å²) in [7, 11) is 3.57. The van der Waals surface area contributed by atoms with Gasteiger partial charge in [-0.1, -0.05) is 29.3 Å². The highest BCUT2D eigenvalue weighted by atomic mass is 35.5. The number of hydrogen-bond donors (Lipinski definition) is 1. The molecule has 0 saturated carbocycles. The number of nitrogens with one attached hydrogen (secondary N) is 1. The number of hydrogen-bond acceptors (Lipinski definition) is 7. The molecule has 2 aromatic heterocycles. The second-order valence-corrected chi connectivity index (χ2v) is 9.51. The Balaban J connectivity index is 1.54. The SMILES string of the molecule is COn1c(=O)ccc2c(-c3c(Cl)cccc3Cl)nc(Nc3ccc(N4CCCN(C)CC4)cc3)nc21. The fourth-order valence-corrected chi connectivity index (χ4v) is 5.01. The van der Waals surface area contributed by atoms with Gasteiger partial charge in [0.25, 0.3) is 5.56 Å². The molecule has 0 radical (unpaired) electrons. The summed E-state index contributed by atoms with van der Waals surface area (Å²) >= 11 is 13.0. The monoisotopic (exact) mass is 524 g/mol. The van der Waals surface area contributed by atoms with Crippen LogP contribution in [0.1, 0.15) is 6.42 Å². The molecule has 5 rings (SSSR count). The van der Waals surface area contributed by atoms with Crippen molar-refractivity contribution in [2.75, 3.05) is 50.6 Å². The third-order valence-corrected chi connectivity index (χ3v) is 6.93. The summed E-state index contributed by atoms with van der Waals surface area (Å²) in [4.78, 5) is 31.9. The first kappa shape index (κ1) is 24.4. The Labute approximate surface area is 219 Å². The largest absolute Gasteiger partial charge is 0.412 e. The zero-order chi connectivity index (χ0) is 25.2. The number of nitrogens with zero attached hydrogens (tertiary/aromatic N) is 5. The number of rotatable bonds is 5. The topological polar surface area (TPSA) is 75.5 Å². The maximum Gasteiger partial charge on any atom is 0.285 e. The maximum absolute atomic E-state index is 12.4. The average Bonchev–Trinajstić information content (AvgIpc) is 3.08. The number of halogens is 2. The molecule has 8 nitrogen and oxygen atoms in total. The summed E-state index contributed by atoms with van der Waals surface area (Å²) < 4.78 is 1.12. The summed E-state index contributed by atoms with van der Waals surface area (Å²) in [6.07, 6.45) is 1.13. The van der Waals surface area contributed by atoms with E-state index in [-0.39, 0.29) is 11.5 Å². The van der Waals surface area contributed by atoms with Crippen molar-refractivity contribution >= 4 is 51.6 Å². The molecule has 0 amide bonds. The Morgan fingerprint density at radius 2 is 1.67 bits per heavy atom. The fourth-order valence-electron chi connectivity index (χ4n) is 4.43. The molecule has 1 aliphatic heterocycles. The molecule has 4 aromatic rings. The minimum Gasteiger partial charge on any atom is -0.412 e. The molecule has 10 heteroatoms. The third-order valence-electron chi connectivity index (χ3n) is 6.30. The van der Waals surface area contributed by atoms with Crippen LogP contribution in [-0.4, -0.2) is 59.9 Å². The van der Waals surface area contributed by atoms with Gasteiger partial charge in [0.2, 0.25) is 5.95 Å². The number of benzene rings is 2. The van der Waals surface area contributed by atoms with Gasteiger partial charge in [-0.25, -0.2) is 4.98 Å². The van der Waals surface area contributed by atoms with Crippen LogP contribution >= 0.6 is 23.2 Å². The number of pyridine rings is 1. The summed E-state index contributed by atoms with van der Waals surface area (Å²) in [6.45, 7) is 4.17. The summed E-state index contributed by atoms with van der Waals surface area (Å²) in [6, 6.07) is 16.5. The van der Waals surface area contributed by atoms with Crippen LogP contribution in [-0.2, 0) is 0 Å². The Kier molecular flexibility index (Phi) is 7.00. The van der Waals surface area contributed by atoms with Gasteiger partial charge in [0.05, 0.1) is 15.7 Å². The van der Waals surface area contributed by atoms with Crippen molar-refractivity contribution < 1.29 is 4.84 Å². The zero-order valence-corrected chi connectivity index (χ0v) is 21.6. The van der Waals surface area contributed by atoms with Gasteiger partial charge in [-0.2, -0.15) is 4.98 Å². The predicted octanol–water partition coefficient (Wildman–Crippen LogP) is 4.71. The van der Waals surface area contributed by atoms with E-state index in [0.717, 1.165) is 43.0 Å². The molecule has 0 bridgehead atoms. The van der Waals surface area contributed by atoms with Crippen molar-refractivity contribution in [3.05, 3.63) is 75.0 Å². The van der Waals surface area contributed by atoms with Gasteiger partial charge in [-0.15, -0.1) is 4.73 Å². The van der Waals surface area contributed by atoms with Crippen LogP contribution in [0.5, 0.6) is 0 Å². The van der Waals surface area contributed by atoms with Crippen LogP contribution < -0.4 is 20.6 Å². The Hall–Kier alpha value is -3.33. The lowest BCUT2D eigenvalue weighted by Gasteiger charge is -2.23. The standard InChI is InChI=1S/C26H26Cl2N6O2/c1-32-13-4-14-33(16-15-32)18-9-7-17(8-10-18)29-26-30-24(23-20(27)5-3-6-21(23)28)19-11-12-22(35)34(36-2)25(19)31-26/h3,5-12H,4,13-16H2,1-2H3,(H,29,30,31). The van der Waals surface area contributed by atoms with Gasteiger partial charge in [-0.3, -0.25) is 4.79 Å². The number of fused-ring (bicyclic) bond motifs is 1. The highest BCUT2D eigenvalue weighted by Crippen LogP contribution is 2.37. The van der Waals surface area contributed by atoms with E-state index < -0.39 is 0 Å². The normalized spacial score (nSPS) is 14.6. The molecule has 2 aromatic carbocycles. The minimum atomic E-state index is -0.349. The van der Waals surface area contributed by atoms with Crippen LogP contribution in [0.25, 0.3) is 22.3 Å². The third kappa shape index (κ3) is 4.84. The first-order valence-corrected chi connectivity index (χ1v) is 12.4. The van der Waals surface area contributed by atoms with E-state index in [4.69, 9.17) is 33.0 Å². The van der Waals surface area contributed by atoms with Crippen LogP contribution in [0, 0.1) is 0 Å². The van der Waals surface area contributed by atoms with Gasteiger partial charge in [0.1, 0.15) is 7.11 Å². The van der Waals surface area contributed by atoms with Gasteiger partial charge in [0.15, 0.2) is 5.65 Å². The van der Waals surface area contributed by atoms with Crippen LogP contribution in [0.2, 0.25) is 10.0 Å². The highest BCUT2D eigenvalue weighted by molar-refractivity contribution is 6.39. The molecule has 0 spiro atoms. The molecule has 1 N–H and O–H groups in total. The van der Waals surface area contributed by atoms with Crippen LogP contribution in [0.3, 0.4) is 0 Å². The molecule has 36 heavy (non-hydrogen) atoms. The molecule has 0 aliphatic carbocycles. The molecule has 0 atom stereocenters. The van der Waals surface area contributed by atoms with Crippen LogP contribution in [0.15, 0.2) is 59.4 Å². The number of aromatic nitrogens is 3. The average molecular weight is 525 g/mol. The molecule has 1 aliphatic rings. The molecule has 1 fully saturated rings. The smallest absolute Gasteiger partial charge is 0.285 e. The zero-order valence-electron chi connectivity index (χ0n) is 20.0. The first-order valence-electron chi connectivity index (χ1n) is 11.7. The minimum absolute atomic E-state index is 0.286. The second kappa shape index (κ2) is 10.3. The fraction of sp³-hybridized carbons (Fsp3) is 0.269. The van der Waals surface area contributed by atoms with Crippen molar-refractivity contribution in [1.29, 1.82) is 0 Å². The molecule has 186 valence electrons. The van der Waals surface area contributed by atoms with E-state index in [9.17, 15) is 4.79 Å². The predicted molar refractivity (Wildman–Crippen MR) is 146 cm³/mol. The molecule has 3 heterocycles. The van der Waals surface area contributed by atoms with Gasteiger partial charge in [0, 0.05) is 48.0 Å². The number of anilines is 3. The summed E-state index contributed by atoms with van der Waals surface area (Å²) in [5, 5.41) is 4.72. The van der Waals surface area contributed by atoms with Crippen molar-refractivity contribution in [1.82, 2.24) is 19.6 Å². The van der Waals surface area contributed by atoms with Gasteiger partial charge >= 0.3 is 0 Å². The molecule has 1 saturated heterocycles. The Morgan fingerprint density at radius 1 is 0.917 bits per heavy atom. The van der Waals surface area contributed by atoms with Crippen LogP contribution in [0.4, 0.5) is 17.3 Å². The van der Waals surface area contributed by atoms with Gasteiger partial charge in [-0.05, 0) is 62.5 Å². The lowest BCUT2D eigenvalue weighted by molar-refractivity contribution is 0.167. The maximum atomic E-state index is 12.4. The first-order chi connectivity index (χ1) is 17.4. The van der Waals surface area contributed by atoms with E-state index >= 15 is 0 Å². The molecular formula is C26H26Cl2N6O2. The molecule has 0 unspecified atom stereocenters. The number of likely N-dealkylation sites (N-methyl/N-ethyl adjacent to an activating group) is 1. The quantitative estimate of drug-likeness (QED) is 0.405. The van der Waals surface area contributed by atoms with Crippen molar-refractivity contribution in [3.8, 4) is 11.3 Å². The van der Waals surface area contributed by atoms with Crippen molar-refractivity contribution in [3.63, 3.8) is 0 Å². The lowest BCUT2D eigenvalue weighted by Crippen LogP contribution is -2.28. The van der Waals surface area contributed by atoms with E-state index in [2.05, 4.69) is 39.3 Å². The van der Waals surface area contributed by atoms with E-state index in [0.29, 0.717) is 32.3 Å². The summed E-state index contributed by atoms with van der Waals surface area (Å²) in [5.41, 5.74) is 2.99. The highest BCUT2D eigenvalue weighted by Gasteiger charge is 2.19. The Morgan fingerprint density at radius 3 is 2.39 bits per heavy atom. The summed E-state index contributed by atoms with van der Waals surface area (Å²) in [5.74, 6) is 0.286. The van der Waals surface area contributed by atoms with E-state index in [1.165, 1.54) is 18.9 Å². The van der Waals surface area contributed by atoms with Gasteiger partial charge < -0.3 is 20.0 Å². The second-order valence-electron chi connectivity index (χ2n) is 8.69.